The predicted molar refractivity (Wildman–Crippen MR) is 158 cm³/mol. The molecule has 5 aliphatic carbocycles. The van der Waals surface area contributed by atoms with E-state index in [1.165, 1.54) is 0 Å². The lowest BCUT2D eigenvalue weighted by Gasteiger charge is -2.73. The van der Waals surface area contributed by atoms with E-state index >= 15 is 0 Å². The smallest absolute Gasteiger partial charge is 0.475 e. The highest BCUT2D eigenvalue weighted by atomic mass is 19.4. The van der Waals surface area contributed by atoms with Crippen LogP contribution in [0.3, 0.4) is 0 Å². The number of nitrogens with zero attached hydrogens (tertiary/aromatic N) is 1. The van der Waals surface area contributed by atoms with Crippen LogP contribution in [0.5, 0.6) is 0 Å². The number of piperidine rings is 1. The summed E-state index contributed by atoms with van der Waals surface area (Å²) in [7, 11) is 1.99. The van der Waals surface area contributed by atoms with Crippen molar-refractivity contribution in [1.29, 1.82) is 0 Å². The van der Waals surface area contributed by atoms with Gasteiger partial charge in [0.1, 0.15) is 23.9 Å². The summed E-state index contributed by atoms with van der Waals surface area (Å²) in [5.74, 6) is -5.39. The van der Waals surface area contributed by atoms with Crippen LogP contribution in [-0.4, -0.2) is 110 Å². The molecule has 1 saturated heterocycles. The molecule has 0 amide bonds. The number of aliphatic hydroxyl groups is 4. The van der Waals surface area contributed by atoms with E-state index in [9.17, 15) is 43.2 Å². The zero-order chi connectivity index (χ0) is 35.4. The van der Waals surface area contributed by atoms with Crippen LogP contribution in [0.25, 0.3) is 0 Å². The molecule has 262 valence electrons. The quantitative estimate of drug-likeness (QED) is 0.168. The zero-order valence-corrected chi connectivity index (χ0v) is 27.2. The second-order valence-corrected chi connectivity index (χ2v) is 14.6. The van der Waals surface area contributed by atoms with Gasteiger partial charge in [0, 0.05) is 51.8 Å². The van der Waals surface area contributed by atoms with Crippen LogP contribution in [0.4, 0.5) is 13.2 Å². The zero-order valence-electron chi connectivity index (χ0n) is 27.2. The number of ether oxygens (including phenoxy) is 2. The van der Waals surface area contributed by atoms with Gasteiger partial charge in [0.15, 0.2) is 0 Å². The van der Waals surface area contributed by atoms with Gasteiger partial charge in [-0.3, -0.25) is 0 Å². The van der Waals surface area contributed by atoms with E-state index in [0.717, 1.165) is 5.57 Å². The van der Waals surface area contributed by atoms with Crippen LogP contribution in [0.15, 0.2) is 35.5 Å². The topological polar surface area (TPSA) is 174 Å². The van der Waals surface area contributed by atoms with Crippen molar-refractivity contribution in [3.63, 3.8) is 0 Å². The second kappa shape index (κ2) is 11.1. The molecule has 14 heteroatoms. The van der Waals surface area contributed by atoms with Crippen molar-refractivity contribution < 1.29 is 62.6 Å². The number of aliphatic carboxylic acids is 1. The lowest BCUT2D eigenvalue weighted by atomic mass is 9.38. The van der Waals surface area contributed by atoms with Crippen LogP contribution in [0.2, 0.25) is 0 Å². The Morgan fingerprint density at radius 3 is 1.98 bits per heavy atom. The molecule has 5 saturated carbocycles. The van der Waals surface area contributed by atoms with Crippen LogP contribution in [0.1, 0.15) is 53.9 Å². The summed E-state index contributed by atoms with van der Waals surface area (Å²) in [6, 6.07) is -0.378. The highest BCUT2D eigenvalue weighted by molar-refractivity contribution is 5.89. The molecule has 2 spiro atoms. The summed E-state index contributed by atoms with van der Waals surface area (Å²) >= 11 is 0. The van der Waals surface area contributed by atoms with Gasteiger partial charge in [-0.2, -0.15) is 13.2 Å². The van der Waals surface area contributed by atoms with E-state index in [1.54, 1.807) is 39.8 Å². The van der Waals surface area contributed by atoms with Crippen LogP contribution < -0.4 is 0 Å². The number of likely N-dealkylation sites (tertiary alicyclic amines) is 1. The van der Waals surface area contributed by atoms with Crippen LogP contribution >= 0.6 is 0 Å². The summed E-state index contributed by atoms with van der Waals surface area (Å²) in [5.41, 5.74) is -3.28. The maximum absolute atomic E-state index is 13.4. The molecule has 6 fully saturated rings. The van der Waals surface area contributed by atoms with Crippen molar-refractivity contribution in [2.45, 2.75) is 102 Å². The van der Waals surface area contributed by atoms with Crippen molar-refractivity contribution in [2.24, 2.45) is 34.0 Å². The average molecular weight is 672 g/mol. The Morgan fingerprint density at radius 1 is 0.979 bits per heavy atom. The SMILES string of the molecule is C=C1C[C@@]23[C@H]4[C@H](OC(=O)/C(C)=C/C)[C@H](OC(=O)/C(C)=C/C)[C@@H]1[C@@H]2C1N(C)C[C@]2(C)C[C@H](O)C[C@@]14[C@]2(O)[C@@H](O)[C@@H]3O.O=C(O)C(F)(F)F. The highest BCUT2D eigenvalue weighted by Crippen LogP contribution is 2.84. The Kier molecular flexibility index (Phi) is 8.41. The molecule has 0 radical (unpaired) electrons. The van der Waals surface area contributed by atoms with Crippen molar-refractivity contribution >= 4 is 17.9 Å². The lowest BCUT2D eigenvalue weighted by Crippen LogP contribution is -2.84. The first kappa shape index (κ1) is 35.5. The van der Waals surface area contributed by atoms with E-state index in [4.69, 9.17) is 19.4 Å². The van der Waals surface area contributed by atoms with Gasteiger partial charge in [0.05, 0.1) is 12.2 Å². The number of carboxylic acid groups (broad SMARTS) is 1. The predicted octanol–water partition coefficient (Wildman–Crippen LogP) is 2.13. The summed E-state index contributed by atoms with van der Waals surface area (Å²) in [6.07, 6.45) is -6.49. The first-order chi connectivity index (χ1) is 21.6. The normalized spacial score (nSPS) is 46.7. The minimum atomic E-state index is -5.08. The first-order valence-electron chi connectivity index (χ1n) is 15.7. The van der Waals surface area contributed by atoms with Crippen molar-refractivity contribution in [3.05, 3.63) is 35.5 Å². The molecule has 6 bridgehead atoms. The van der Waals surface area contributed by atoms with Crippen molar-refractivity contribution in [1.82, 2.24) is 4.90 Å². The van der Waals surface area contributed by atoms with Crippen molar-refractivity contribution in [3.8, 4) is 0 Å². The average Bonchev–Trinajstić information content (AvgIpc) is 3.29. The summed E-state index contributed by atoms with van der Waals surface area (Å²) in [6.45, 7) is 13.4. The van der Waals surface area contributed by atoms with E-state index in [-0.39, 0.29) is 24.8 Å². The minimum absolute atomic E-state index is 0.172. The number of halogens is 3. The molecule has 5 N–H and O–H groups in total. The third kappa shape index (κ3) is 4.40. The molecule has 1 unspecified atom stereocenters. The molecule has 13 atom stereocenters. The van der Waals surface area contributed by atoms with Gasteiger partial charge >= 0.3 is 24.1 Å². The van der Waals surface area contributed by atoms with Gasteiger partial charge in [-0.15, -0.1) is 0 Å². The number of alkyl halides is 3. The van der Waals surface area contributed by atoms with E-state index in [1.807, 2.05) is 14.0 Å². The van der Waals surface area contributed by atoms with Gasteiger partial charge < -0.3 is 39.9 Å². The minimum Gasteiger partial charge on any atom is -0.475 e. The molecular weight excluding hydrogens is 627 g/mol. The Bertz CT molecular complexity index is 1450. The van der Waals surface area contributed by atoms with Crippen LogP contribution in [0, 0.1) is 34.0 Å². The summed E-state index contributed by atoms with van der Waals surface area (Å²) < 4.78 is 44.2. The van der Waals surface area contributed by atoms with Gasteiger partial charge in [-0.25, -0.2) is 14.4 Å². The molecule has 1 heterocycles. The fourth-order valence-corrected chi connectivity index (χ4v) is 11.1. The molecule has 0 aromatic carbocycles. The number of hydrogen-bond acceptors (Lipinski definition) is 10. The summed E-state index contributed by atoms with van der Waals surface area (Å²) in [4.78, 5) is 37.8. The first-order valence-corrected chi connectivity index (χ1v) is 15.7. The lowest BCUT2D eigenvalue weighted by molar-refractivity contribution is -0.361. The Morgan fingerprint density at radius 2 is 1.49 bits per heavy atom. The monoisotopic (exact) mass is 671 g/mol. The van der Waals surface area contributed by atoms with Crippen molar-refractivity contribution in [2.75, 3.05) is 13.6 Å². The molecular formula is C33H44F3NO10. The van der Waals surface area contributed by atoms with E-state index in [2.05, 4.69) is 11.5 Å². The standard InChI is InChI=1S/C31H43NO8.C2HF3O2/c1-8-14(3)26(36)39-20-18-16(5)10-29-19(18)23-30(22(29)21(20)40-27(37)15(4)9-2)12-17(33)11-28(6,13-32(23)7)31(30,38)25(35)24(29)34;3-2(4,5)1(6)7/h8-9,17-25,33-35,38H,5,10-13H2,1-4,6-7H3;(H,6,7)/b14-8+,15-9+;/t17-,18-,19+,20+,21+,22+,23?,24-,25-,28-,29-,30-,31-;/m0./s1. The number of rotatable bonds is 4. The second-order valence-electron chi connectivity index (χ2n) is 14.6. The van der Waals surface area contributed by atoms with Gasteiger partial charge in [-0.05, 0) is 59.9 Å². The Labute approximate surface area is 270 Å². The fourth-order valence-electron chi connectivity index (χ4n) is 11.1. The maximum Gasteiger partial charge on any atom is 0.490 e. The molecule has 0 aromatic heterocycles. The number of esters is 2. The molecule has 1 aliphatic heterocycles. The largest absolute Gasteiger partial charge is 0.490 e. The number of hydrogen-bond donors (Lipinski definition) is 5. The Balaban J connectivity index is 0.000000559. The Hall–Kier alpha value is -2.78. The van der Waals surface area contributed by atoms with E-state index in [0.29, 0.717) is 24.1 Å². The molecule has 6 rings (SSSR count). The fraction of sp³-hybridized carbons (Fsp3) is 0.727. The third-order valence-corrected chi connectivity index (χ3v) is 12.5. The maximum atomic E-state index is 13.4. The van der Waals surface area contributed by atoms with E-state index < -0.39 is 88.3 Å². The molecule has 0 aromatic rings. The third-order valence-electron chi connectivity index (χ3n) is 12.5. The molecule has 11 nitrogen and oxygen atoms in total. The van der Waals surface area contributed by atoms with Crippen LogP contribution in [-0.2, 0) is 23.9 Å². The number of carboxylic acids is 1. The summed E-state index contributed by atoms with van der Waals surface area (Å²) in [5, 5.41) is 55.4. The number of aliphatic hydroxyl groups excluding tert-OH is 3. The van der Waals surface area contributed by atoms with Gasteiger partial charge in [0.2, 0.25) is 0 Å². The van der Waals surface area contributed by atoms with Gasteiger partial charge in [-0.1, -0.05) is 31.2 Å². The number of allylic oxidation sites excluding steroid dienone is 2. The number of carbonyl (C=O) groups is 3. The molecule has 6 aliphatic rings. The van der Waals surface area contributed by atoms with Gasteiger partial charge in [0.25, 0.3) is 0 Å². The highest BCUT2D eigenvalue weighted by Gasteiger charge is 2.93. The molecule has 47 heavy (non-hydrogen) atoms. The number of carbonyl (C=O) groups excluding carboxylic acids is 2.